The van der Waals surface area contributed by atoms with Crippen molar-refractivity contribution in [2.75, 3.05) is 13.6 Å². The summed E-state index contributed by atoms with van der Waals surface area (Å²) < 4.78 is 26.5. The molecule has 1 rings (SSSR count). The van der Waals surface area contributed by atoms with E-state index in [0.717, 1.165) is 6.07 Å². The summed E-state index contributed by atoms with van der Waals surface area (Å²) in [5.74, 6) is -1.52. The van der Waals surface area contributed by atoms with Crippen molar-refractivity contribution in [1.82, 2.24) is 10.0 Å². The van der Waals surface area contributed by atoms with Gasteiger partial charge in [-0.05, 0) is 34.1 Å². The number of carboxylic acids is 1. The van der Waals surface area contributed by atoms with Gasteiger partial charge in [-0.1, -0.05) is 0 Å². The highest BCUT2D eigenvalue weighted by Gasteiger charge is 2.19. The molecule has 0 fully saturated rings. The molecule has 0 radical (unpaired) electrons. The number of amides is 1. The Balaban J connectivity index is 2.94. The summed E-state index contributed by atoms with van der Waals surface area (Å²) in [5, 5.41) is 11.2. The number of aromatic carboxylic acids is 1. The van der Waals surface area contributed by atoms with Crippen LogP contribution in [0.4, 0.5) is 0 Å². The SMILES string of the molecule is CNC(=O)CCNS(=O)(=O)c1cc(C(=O)O)ccc1Br. The summed E-state index contributed by atoms with van der Waals surface area (Å²) in [7, 11) is -2.44. The zero-order chi connectivity index (χ0) is 15.3. The van der Waals surface area contributed by atoms with Crippen molar-refractivity contribution in [3.05, 3.63) is 28.2 Å². The number of hydrogen-bond donors (Lipinski definition) is 3. The van der Waals surface area contributed by atoms with E-state index < -0.39 is 16.0 Å². The van der Waals surface area contributed by atoms with Crippen LogP contribution >= 0.6 is 15.9 Å². The first-order valence-corrected chi connectivity index (χ1v) is 7.78. The van der Waals surface area contributed by atoms with Crippen molar-refractivity contribution in [3.63, 3.8) is 0 Å². The van der Waals surface area contributed by atoms with Crippen molar-refractivity contribution < 1.29 is 23.1 Å². The normalized spacial score (nSPS) is 11.1. The Kier molecular flexibility index (Phi) is 5.66. The molecule has 0 aliphatic carbocycles. The second-order valence-electron chi connectivity index (χ2n) is 3.77. The van der Waals surface area contributed by atoms with E-state index in [1.807, 2.05) is 0 Å². The predicted molar refractivity (Wildman–Crippen MR) is 75.0 cm³/mol. The summed E-state index contributed by atoms with van der Waals surface area (Å²) in [6.45, 7) is -0.0776. The Hall–Kier alpha value is -1.45. The number of carboxylic acid groups (broad SMARTS) is 1. The van der Waals surface area contributed by atoms with Crippen LogP contribution in [0.1, 0.15) is 16.8 Å². The third kappa shape index (κ3) is 4.29. The average Bonchev–Trinajstić information content (AvgIpc) is 2.38. The fourth-order valence-electron chi connectivity index (χ4n) is 1.34. The minimum Gasteiger partial charge on any atom is -0.478 e. The zero-order valence-electron chi connectivity index (χ0n) is 10.5. The number of sulfonamides is 1. The molecule has 1 aromatic rings. The van der Waals surface area contributed by atoms with Crippen LogP contribution in [0.25, 0.3) is 0 Å². The Morgan fingerprint density at radius 3 is 2.55 bits per heavy atom. The maximum atomic E-state index is 12.0. The van der Waals surface area contributed by atoms with E-state index in [1.54, 1.807) is 0 Å². The molecule has 0 spiro atoms. The number of carbonyl (C=O) groups is 2. The van der Waals surface area contributed by atoms with E-state index in [1.165, 1.54) is 19.2 Å². The average molecular weight is 365 g/mol. The summed E-state index contributed by atoms with van der Waals surface area (Å²) in [6.07, 6.45) is -0.00797. The fourth-order valence-corrected chi connectivity index (χ4v) is 3.36. The highest BCUT2D eigenvalue weighted by Crippen LogP contribution is 2.23. The molecule has 20 heavy (non-hydrogen) atoms. The van der Waals surface area contributed by atoms with E-state index in [-0.39, 0.29) is 33.8 Å². The van der Waals surface area contributed by atoms with Crippen molar-refractivity contribution in [2.45, 2.75) is 11.3 Å². The lowest BCUT2D eigenvalue weighted by atomic mass is 10.2. The minimum atomic E-state index is -3.89. The standard InChI is InChI=1S/C11H13BrN2O5S/c1-13-10(15)4-5-14-20(18,19)9-6-7(11(16)17)2-3-8(9)12/h2-3,6,14H,4-5H2,1H3,(H,13,15)(H,16,17). The number of hydrogen-bond acceptors (Lipinski definition) is 4. The maximum Gasteiger partial charge on any atom is 0.335 e. The first-order valence-electron chi connectivity index (χ1n) is 5.51. The third-order valence-corrected chi connectivity index (χ3v) is 4.85. The molecule has 0 atom stereocenters. The monoisotopic (exact) mass is 364 g/mol. The first kappa shape index (κ1) is 16.6. The minimum absolute atomic E-state index is 0.00797. The molecule has 1 amide bonds. The lowest BCUT2D eigenvalue weighted by Gasteiger charge is -2.09. The van der Waals surface area contributed by atoms with Crippen LogP contribution in [-0.4, -0.2) is 39.0 Å². The van der Waals surface area contributed by atoms with E-state index in [2.05, 4.69) is 26.0 Å². The number of nitrogens with one attached hydrogen (secondary N) is 2. The lowest BCUT2D eigenvalue weighted by molar-refractivity contribution is -0.120. The molecular weight excluding hydrogens is 352 g/mol. The topological polar surface area (TPSA) is 113 Å². The fraction of sp³-hybridized carbons (Fsp3) is 0.273. The Bertz CT molecular complexity index is 630. The molecule has 110 valence electrons. The Labute approximate surface area is 124 Å². The number of rotatable bonds is 6. The van der Waals surface area contributed by atoms with Gasteiger partial charge in [-0.2, -0.15) is 0 Å². The summed E-state index contributed by atoms with van der Waals surface area (Å²) in [4.78, 5) is 21.7. The van der Waals surface area contributed by atoms with Crippen molar-refractivity contribution in [3.8, 4) is 0 Å². The van der Waals surface area contributed by atoms with E-state index in [9.17, 15) is 18.0 Å². The second-order valence-corrected chi connectivity index (χ2v) is 6.36. The number of halogens is 1. The van der Waals surface area contributed by atoms with Gasteiger partial charge in [0.2, 0.25) is 15.9 Å². The summed E-state index contributed by atoms with van der Waals surface area (Å²) in [5.41, 5.74) is -0.139. The Morgan fingerprint density at radius 1 is 1.35 bits per heavy atom. The van der Waals surface area contributed by atoms with Gasteiger partial charge in [0.05, 0.1) is 10.5 Å². The van der Waals surface area contributed by atoms with Crippen LogP contribution in [0, 0.1) is 0 Å². The van der Waals surface area contributed by atoms with E-state index in [4.69, 9.17) is 5.11 Å². The molecule has 0 saturated carbocycles. The number of carbonyl (C=O) groups excluding carboxylic acids is 1. The molecule has 7 nitrogen and oxygen atoms in total. The second kappa shape index (κ2) is 6.82. The molecule has 0 aliphatic heterocycles. The molecule has 0 saturated heterocycles. The number of benzene rings is 1. The van der Waals surface area contributed by atoms with E-state index >= 15 is 0 Å². The van der Waals surface area contributed by atoms with Crippen LogP contribution in [-0.2, 0) is 14.8 Å². The smallest absolute Gasteiger partial charge is 0.335 e. The van der Waals surface area contributed by atoms with Gasteiger partial charge in [-0.25, -0.2) is 17.9 Å². The van der Waals surface area contributed by atoms with Crippen molar-refractivity contribution >= 4 is 37.8 Å². The van der Waals surface area contributed by atoms with Crippen LogP contribution in [0.15, 0.2) is 27.6 Å². The van der Waals surface area contributed by atoms with Gasteiger partial charge in [0.1, 0.15) is 0 Å². The van der Waals surface area contributed by atoms with Gasteiger partial charge in [-0.3, -0.25) is 4.79 Å². The van der Waals surface area contributed by atoms with Crippen LogP contribution in [0.5, 0.6) is 0 Å². The van der Waals surface area contributed by atoms with Gasteiger partial charge in [0, 0.05) is 24.5 Å². The molecule has 0 heterocycles. The molecular formula is C11H13BrN2O5S. The highest BCUT2D eigenvalue weighted by atomic mass is 79.9. The molecule has 9 heteroatoms. The highest BCUT2D eigenvalue weighted by molar-refractivity contribution is 9.10. The molecule has 0 aliphatic rings. The van der Waals surface area contributed by atoms with Gasteiger partial charge < -0.3 is 10.4 Å². The van der Waals surface area contributed by atoms with Gasteiger partial charge in [0.15, 0.2) is 0 Å². The van der Waals surface area contributed by atoms with Gasteiger partial charge >= 0.3 is 5.97 Å². The summed E-state index contributed by atoms with van der Waals surface area (Å²) in [6, 6.07) is 3.68. The first-order chi connectivity index (χ1) is 9.27. The lowest BCUT2D eigenvalue weighted by Crippen LogP contribution is -2.29. The quantitative estimate of drug-likeness (QED) is 0.682. The maximum absolute atomic E-state index is 12.0. The van der Waals surface area contributed by atoms with Gasteiger partial charge in [-0.15, -0.1) is 0 Å². The van der Waals surface area contributed by atoms with Crippen LogP contribution in [0.2, 0.25) is 0 Å². The predicted octanol–water partition coefficient (Wildman–Crippen LogP) is 0.562. The third-order valence-electron chi connectivity index (χ3n) is 2.39. The largest absolute Gasteiger partial charge is 0.478 e. The van der Waals surface area contributed by atoms with Crippen LogP contribution < -0.4 is 10.0 Å². The summed E-state index contributed by atoms with van der Waals surface area (Å²) >= 11 is 3.06. The molecule has 0 aromatic heterocycles. The molecule has 1 aromatic carbocycles. The van der Waals surface area contributed by atoms with Crippen molar-refractivity contribution in [1.29, 1.82) is 0 Å². The molecule has 3 N–H and O–H groups in total. The molecule has 0 unspecified atom stereocenters. The van der Waals surface area contributed by atoms with E-state index in [0.29, 0.717) is 0 Å². The molecule has 0 bridgehead atoms. The Morgan fingerprint density at radius 2 is 2.00 bits per heavy atom. The van der Waals surface area contributed by atoms with Crippen LogP contribution in [0.3, 0.4) is 0 Å². The van der Waals surface area contributed by atoms with Crippen molar-refractivity contribution in [2.24, 2.45) is 0 Å². The van der Waals surface area contributed by atoms with Gasteiger partial charge in [0.25, 0.3) is 0 Å². The zero-order valence-corrected chi connectivity index (χ0v) is 12.9.